The van der Waals surface area contributed by atoms with Crippen LogP contribution in [0.15, 0.2) is 42.5 Å². The monoisotopic (exact) mass is 398 g/mol. The van der Waals surface area contributed by atoms with E-state index in [0.29, 0.717) is 17.3 Å². The van der Waals surface area contributed by atoms with Gasteiger partial charge in [0.05, 0.1) is 18.2 Å². The van der Waals surface area contributed by atoms with Crippen LogP contribution in [0.1, 0.15) is 67.7 Å². The quantitative estimate of drug-likeness (QED) is 0.513. The Morgan fingerprint density at radius 3 is 2.36 bits per heavy atom. The van der Waals surface area contributed by atoms with E-state index in [0.717, 1.165) is 16.8 Å². The standard InChI is InChI=1S/C23H30N2O2S/c1-7-27-21(26)18-9-8-15(2)20(14-18)25-22(28)24-16(3)17-10-12-19(13-11-17)23(4,5)6/h8-14,16H,7H2,1-6H3,(H2,24,25,28). The number of nitrogens with one attached hydrogen (secondary N) is 2. The fraction of sp³-hybridized carbons (Fsp3) is 0.391. The van der Waals surface area contributed by atoms with Crippen LogP contribution in [-0.2, 0) is 10.2 Å². The lowest BCUT2D eigenvalue weighted by molar-refractivity contribution is 0.0526. The van der Waals surface area contributed by atoms with Crippen molar-refractivity contribution < 1.29 is 9.53 Å². The molecule has 0 saturated carbocycles. The maximum Gasteiger partial charge on any atom is 0.338 e. The van der Waals surface area contributed by atoms with Crippen LogP contribution in [-0.4, -0.2) is 17.7 Å². The van der Waals surface area contributed by atoms with Crippen LogP contribution in [0.4, 0.5) is 5.69 Å². The molecule has 2 rings (SSSR count). The average Bonchev–Trinajstić information content (AvgIpc) is 2.63. The summed E-state index contributed by atoms with van der Waals surface area (Å²) in [5.74, 6) is -0.336. The van der Waals surface area contributed by atoms with Crippen molar-refractivity contribution in [3.63, 3.8) is 0 Å². The van der Waals surface area contributed by atoms with Crippen LogP contribution in [0, 0.1) is 6.92 Å². The van der Waals surface area contributed by atoms with Gasteiger partial charge in [-0.25, -0.2) is 4.79 Å². The lowest BCUT2D eigenvalue weighted by atomic mass is 9.86. The highest BCUT2D eigenvalue weighted by Crippen LogP contribution is 2.24. The third kappa shape index (κ3) is 5.80. The van der Waals surface area contributed by atoms with E-state index in [1.165, 1.54) is 5.56 Å². The molecule has 28 heavy (non-hydrogen) atoms. The number of anilines is 1. The first-order valence-corrected chi connectivity index (χ1v) is 9.98. The van der Waals surface area contributed by atoms with E-state index in [1.807, 2.05) is 13.0 Å². The molecule has 0 heterocycles. The van der Waals surface area contributed by atoms with Crippen molar-refractivity contribution in [3.05, 3.63) is 64.7 Å². The van der Waals surface area contributed by atoms with Gasteiger partial charge in [-0.2, -0.15) is 0 Å². The summed E-state index contributed by atoms with van der Waals surface area (Å²) in [4.78, 5) is 12.0. The van der Waals surface area contributed by atoms with Crippen molar-refractivity contribution in [1.29, 1.82) is 0 Å². The van der Waals surface area contributed by atoms with E-state index in [2.05, 4.69) is 62.6 Å². The van der Waals surface area contributed by atoms with Gasteiger partial charge in [-0.05, 0) is 67.2 Å². The van der Waals surface area contributed by atoms with Crippen molar-refractivity contribution in [2.45, 2.75) is 53.0 Å². The summed E-state index contributed by atoms with van der Waals surface area (Å²) in [6.45, 7) is 12.8. The molecule has 2 aromatic carbocycles. The minimum absolute atomic E-state index is 0.0579. The topological polar surface area (TPSA) is 50.4 Å². The van der Waals surface area contributed by atoms with Crippen LogP contribution in [0.5, 0.6) is 0 Å². The van der Waals surface area contributed by atoms with E-state index in [-0.39, 0.29) is 17.4 Å². The van der Waals surface area contributed by atoms with Crippen molar-refractivity contribution >= 4 is 29.0 Å². The summed E-state index contributed by atoms with van der Waals surface area (Å²) in [6, 6.07) is 14.1. The largest absolute Gasteiger partial charge is 0.462 e. The maximum atomic E-state index is 12.0. The molecule has 2 aromatic rings. The highest BCUT2D eigenvalue weighted by Gasteiger charge is 2.15. The van der Waals surface area contributed by atoms with Gasteiger partial charge in [0.15, 0.2) is 5.11 Å². The second kappa shape index (κ2) is 9.20. The first-order valence-electron chi connectivity index (χ1n) is 9.57. The number of esters is 1. The van der Waals surface area contributed by atoms with Gasteiger partial charge in [-0.3, -0.25) is 0 Å². The van der Waals surface area contributed by atoms with Gasteiger partial charge in [-0.1, -0.05) is 51.1 Å². The molecule has 0 amide bonds. The Morgan fingerprint density at radius 2 is 1.79 bits per heavy atom. The van der Waals surface area contributed by atoms with Crippen molar-refractivity contribution in [2.24, 2.45) is 0 Å². The van der Waals surface area contributed by atoms with Gasteiger partial charge in [0, 0.05) is 5.69 Å². The third-order valence-electron chi connectivity index (χ3n) is 4.62. The fourth-order valence-electron chi connectivity index (χ4n) is 2.81. The zero-order chi connectivity index (χ0) is 20.9. The Balaban J connectivity index is 2.05. The van der Waals surface area contributed by atoms with Gasteiger partial charge < -0.3 is 15.4 Å². The zero-order valence-electron chi connectivity index (χ0n) is 17.6. The van der Waals surface area contributed by atoms with Gasteiger partial charge >= 0.3 is 5.97 Å². The van der Waals surface area contributed by atoms with Crippen molar-refractivity contribution in [2.75, 3.05) is 11.9 Å². The van der Waals surface area contributed by atoms with Crippen molar-refractivity contribution in [1.82, 2.24) is 5.32 Å². The fourth-order valence-corrected chi connectivity index (χ4v) is 3.09. The number of carbonyl (C=O) groups excluding carboxylic acids is 1. The molecule has 0 saturated heterocycles. The number of ether oxygens (including phenoxy) is 1. The number of hydrogen-bond donors (Lipinski definition) is 2. The minimum atomic E-state index is -0.336. The molecule has 0 aromatic heterocycles. The third-order valence-corrected chi connectivity index (χ3v) is 4.84. The van der Waals surface area contributed by atoms with Gasteiger partial charge in [0.2, 0.25) is 0 Å². The van der Waals surface area contributed by atoms with E-state index < -0.39 is 0 Å². The van der Waals surface area contributed by atoms with E-state index in [9.17, 15) is 4.79 Å². The smallest absolute Gasteiger partial charge is 0.338 e. The van der Waals surface area contributed by atoms with Crippen LogP contribution >= 0.6 is 12.2 Å². The van der Waals surface area contributed by atoms with Crippen LogP contribution < -0.4 is 10.6 Å². The van der Waals surface area contributed by atoms with Crippen LogP contribution in [0.25, 0.3) is 0 Å². The summed E-state index contributed by atoms with van der Waals surface area (Å²) < 4.78 is 5.07. The molecule has 2 N–H and O–H groups in total. The van der Waals surface area contributed by atoms with E-state index in [1.54, 1.807) is 19.1 Å². The number of thiocarbonyl (C=S) groups is 1. The lowest BCUT2D eigenvalue weighted by Crippen LogP contribution is -2.31. The second-order valence-electron chi connectivity index (χ2n) is 7.94. The van der Waals surface area contributed by atoms with Crippen LogP contribution in [0.3, 0.4) is 0 Å². The Kier molecular flexibility index (Phi) is 7.19. The lowest BCUT2D eigenvalue weighted by Gasteiger charge is -2.22. The molecular formula is C23H30N2O2S. The Bertz CT molecular complexity index is 839. The molecule has 0 aliphatic carbocycles. The summed E-state index contributed by atoms with van der Waals surface area (Å²) in [5.41, 5.74) is 4.89. The molecule has 4 nitrogen and oxygen atoms in total. The average molecular weight is 399 g/mol. The molecule has 0 radical (unpaired) electrons. The highest BCUT2D eigenvalue weighted by atomic mass is 32.1. The van der Waals surface area contributed by atoms with E-state index >= 15 is 0 Å². The molecular weight excluding hydrogens is 368 g/mol. The summed E-state index contributed by atoms with van der Waals surface area (Å²) in [7, 11) is 0. The highest BCUT2D eigenvalue weighted by molar-refractivity contribution is 7.80. The van der Waals surface area contributed by atoms with Crippen molar-refractivity contribution in [3.8, 4) is 0 Å². The molecule has 0 aliphatic heterocycles. The molecule has 0 aliphatic rings. The van der Waals surface area contributed by atoms with Gasteiger partial charge in [0.1, 0.15) is 0 Å². The Hall–Kier alpha value is -2.40. The van der Waals surface area contributed by atoms with E-state index in [4.69, 9.17) is 17.0 Å². The maximum absolute atomic E-state index is 12.0. The summed E-state index contributed by atoms with van der Waals surface area (Å²) >= 11 is 5.48. The first-order chi connectivity index (χ1) is 13.1. The molecule has 0 spiro atoms. The summed E-state index contributed by atoms with van der Waals surface area (Å²) in [6.07, 6.45) is 0. The molecule has 0 bridgehead atoms. The van der Waals surface area contributed by atoms with Gasteiger partial charge in [0.25, 0.3) is 0 Å². The minimum Gasteiger partial charge on any atom is -0.462 e. The predicted molar refractivity (Wildman–Crippen MR) is 120 cm³/mol. The number of rotatable bonds is 5. The molecule has 150 valence electrons. The Labute approximate surface area is 173 Å². The second-order valence-corrected chi connectivity index (χ2v) is 8.35. The molecule has 1 unspecified atom stereocenters. The van der Waals surface area contributed by atoms with Gasteiger partial charge in [-0.15, -0.1) is 0 Å². The molecule has 0 fully saturated rings. The van der Waals surface area contributed by atoms with Crippen LogP contribution in [0.2, 0.25) is 0 Å². The molecule has 1 atom stereocenters. The number of hydrogen-bond acceptors (Lipinski definition) is 3. The zero-order valence-corrected chi connectivity index (χ0v) is 18.4. The number of benzene rings is 2. The summed E-state index contributed by atoms with van der Waals surface area (Å²) in [5, 5.41) is 7.02. The SMILES string of the molecule is CCOC(=O)c1ccc(C)c(NC(=S)NC(C)c2ccc(C(C)(C)C)cc2)c1. The molecule has 5 heteroatoms. The predicted octanol–water partition coefficient (Wildman–Crippen LogP) is 5.52. The first kappa shape index (κ1) is 21.9. The number of aryl methyl sites for hydroxylation is 1. The Morgan fingerprint density at radius 1 is 1.14 bits per heavy atom. The number of carbonyl (C=O) groups is 1. The normalized spacial score (nSPS) is 12.2.